The molecule has 0 fully saturated rings. The van der Waals surface area contributed by atoms with Crippen LogP contribution in [0.5, 0.6) is 5.75 Å². The van der Waals surface area contributed by atoms with Crippen molar-refractivity contribution >= 4 is 12.4 Å². The fourth-order valence-corrected chi connectivity index (χ4v) is 2.80. The number of halogens is 1. The van der Waals surface area contributed by atoms with Gasteiger partial charge in [-0.15, -0.1) is 12.4 Å². The zero-order valence-electron chi connectivity index (χ0n) is 15.2. The van der Waals surface area contributed by atoms with Crippen molar-refractivity contribution in [1.29, 1.82) is 0 Å². The van der Waals surface area contributed by atoms with Crippen molar-refractivity contribution in [1.82, 2.24) is 4.90 Å². The average Bonchev–Trinajstić information content (AvgIpc) is 2.58. The molecule has 3 nitrogen and oxygen atoms in total. The van der Waals surface area contributed by atoms with E-state index in [1.807, 2.05) is 31.1 Å². The van der Waals surface area contributed by atoms with Crippen molar-refractivity contribution in [3.8, 4) is 5.75 Å². The minimum absolute atomic E-state index is 0. The summed E-state index contributed by atoms with van der Waals surface area (Å²) in [7, 11) is 3.90. The Morgan fingerprint density at radius 2 is 1.56 bits per heavy atom. The van der Waals surface area contributed by atoms with E-state index >= 15 is 0 Å². The predicted octanol–water partition coefficient (Wildman–Crippen LogP) is 3.98. The van der Waals surface area contributed by atoms with Gasteiger partial charge in [-0.05, 0) is 57.0 Å². The first-order valence-corrected chi connectivity index (χ1v) is 8.72. The SMILES string of the molecule is CN(C)CC(O)COc1ccccc1CCCCc1ccccc1.Cl. The minimum Gasteiger partial charge on any atom is -0.491 e. The Kier molecular flexibility index (Phi) is 10.2. The van der Waals surface area contributed by atoms with Crippen molar-refractivity contribution in [3.63, 3.8) is 0 Å². The fraction of sp³-hybridized carbons (Fsp3) is 0.429. The molecule has 1 N–H and O–H groups in total. The Morgan fingerprint density at radius 1 is 0.920 bits per heavy atom. The number of hydrogen-bond acceptors (Lipinski definition) is 3. The molecule has 138 valence electrons. The number of hydrogen-bond donors (Lipinski definition) is 1. The third kappa shape index (κ3) is 8.39. The molecule has 0 saturated heterocycles. The lowest BCUT2D eigenvalue weighted by Crippen LogP contribution is -2.30. The molecule has 1 unspecified atom stereocenters. The van der Waals surface area contributed by atoms with Crippen LogP contribution in [0.3, 0.4) is 0 Å². The molecule has 0 bridgehead atoms. The van der Waals surface area contributed by atoms with Crippen LogP contribution in [0, 0.1) is 0 Å². The number of ether oxygens (including phenoxy) is 1. The number of unbranched alkanes of at least 4 members (excludes halogenated alkanes) is 1. The van der Waals surface area contributed by atoms with E-state index < -0.39 is 6.10 Å². The lowest BCUT2D eigenvalue weighted by Gasteiger charge is -2.18. The van der Waals surface area contributed by atoms with Crippen LogP contribution in [-0.2, 0) is 12.8 Å². The molecule has 0 spiro atoms. The molecule has 0 amide bonds. The van der Waals surface area contributed by atoms with E-state index in [1.54, 1.807) is 0 Å². The fourth-order valence-electron chi connectivity index (χ4n) is 2.80. The molecule has 0 heterocycles. The number of para-hydroxylation sites is 1. The summed E-state index contributed by atoms with van der Waals surface area (Å²) in [5.41, 5.74) is 2.62. The second-order valence-corrected chi connectivity index (χ2v) is 6.53. The topological polar surface area (TPSA) is 32.7 Å². The molecule has 2 rings (SSSR count). The van der Waals surface area contributed by atoms with E-state index in [0.717, 1.165) is 25.0 Å². The maximum Gasteiger partial charge on any atom is 0.122 e. The summed E-state index contributed by atoms with van der Waals surface area (Å²) in [5.74, 6) is 0.898. The largest absolute Gasteiger partial charge is 0.491 e. The van der Waals surface area contributed by atoms with Gasteiger partial charge in [-0.25, -0.2) is 0 Å². The number of likely N-dealkylation sites (N-methyl/N-ethyl adjacent to an activating group) is 1. The molecular weight excluding hydrogens is 334 g/mol. The minimum atomic E-state index is -0.467. The number of nitrogens with zero attached hydrogens (tertiary/aromatic N) is 1. The highest BCUT2D eigenvalue weighted by molar-refractivity contribution is 5.85. The Morgan fingerprint density at radius 3 is 2.28 bits per heavy atom. The quantitative estimate of drug-likeness (QED) is 0.648. The zero-order chi connectivity index (χ0) is 17.2. The van der Waals surface area contributed by atoms with E-state index in [-0.39, 0.29) is 12.4 Å². The number of rotatable bonds is 10. The summed E-state index contributed by atoms with van der Waals surface area (Å²) in [6.45, 7) is 0.943. The number of aryl methyl sites for hydroxylation is 2. The van der Waals surface area contributed by atoms with Crippen molar-refractivity contribution in [3.05, 3.63) is 65.7 Å². The van der Waals surface area contributed by atoms with Gasteiger partial charge in [0.2, 0.25) is 0 Å². The van der Waals surface area contributed by atoms with E-state index in [0.29, 0.717) is 13.2 Å². The normalized spacial score (nSPS) is 11.8. The van der Waals surface area contributed by atoms with Gasteiger partial charge < -0.3 is 14.7 Å². The third-order valence-corrected chi connectivity index (χ3v) is 3.98. The highest BCUT2D eigenvalue weighted by Crippen LogP contribution is 2.21. The van der Waals surface area contributed by atoms with E-state index in [9.17, 15) is 5.11 Å². The Balaban J connectivity index is 0.00000312. The Hall–Kier alpha value is -1.55. The second-order valence-electron chi connectivity index (χ2n) is 6.53. The van der Waals surface area contributed by atoms with Crippen molar-refractivity contribution in [2.24, 2.45) is 0 Å². The molecule has 1 atom stereocenters. The monoisotopic (exact) mass is 363 g/mol. The average molecular weight is 364 g/mol. The summed E-state index contributed by atoms with van der Waals surface area (Å²) in [6, 6.07) is 18.8. The second kappa shape index (κ2) is 11.9. The highest BCUT2D eigenvalue weighted by Gasteiger charge is 2.09. The van der Waals surface area contributed by atoms with Gasteiger partial charge in [0, 0.05) is 6.54 Å². The van der Waals surface area contributed by atoms with Crippen LogP contribution in [0.2, 0.25) is 0 Å². The maximum absolute atomic E-state index is 9.95. The summed E-state index contributed by atoms with van der Waals surface area (Å²) in [5, 5.41) is 9.95. The molecule has 2 aromatic rings. The van der Waals surface area contributed by atoms with Crippen LogP contribution in [0.15, 0.2) is 54.6 Å². The first kappa shape index (κ1) is 21.5. The number of benzene rings is 2. The molecule has 4 heteroatoms. The van der Waals surface area contributed by atoms with Gasteiger partial charge in [-0.2, -0.15) is 0 Å². The Bertz CT molecular complexity index is 589. The van der Waals surface area contributed by atoms with Crippen LogP contribution < -0.4 is 4.74 Å². The molecule has 2 aromatic carbocycles. The van der Waals surface area contributed by atoms with Gasteiger partial charge in [-0.1, -0.05) is 48.5 Å². The number of aliphatic hydroxyl groups is 1. The van der Waals surface area contributed by atoms with Gasteiger partial charge in [0.05, 0.1) is 0 Å². The summed E-state index contributed by atoms with van der Waals surface area (Å²) < 4.78 is 5.84. The molecule has 0 aromatic heterocycles. The third-order valence-electron chi connectivity index (χ3n) is 3.98. The lowest BCUT2D eigenvalue weighted by atomic mass is 10.0. The molecule has 0 aliphatic carbocycles. The Labute approximate surface area is 158 Å². The summed E-state index contributed by atoms with van der Waals surface area (Å²) >= 11 is 0. The molecule has 0 saturated carbocycles. The molecule has 25 heavy (non-hydrogen) atoms. The van der Waals surface area contributed by atoms with Crippen LogP contribution in [0.4, 0.5) is 0 Å². The smallest absolute Gasteiger partial charge is 0.122 e. The van der Waals surface area contributed by atoms with Crippen molar-refractivity contribution < 1.29 is 9.84 Å². The van der Waals surface area contributed by atoms with Gasteiger partial charge >= 0.3 is 0 Å². The summed E-state index contributed by atoms with van der Waals surface area (Å²) in [6.07, 6.45) is 3.96. The van der Waals surface area contributed by atoms with Crippen LogP contribution in [-0.4, -0.2) is 43.4 Å². The summed E-state index contributed by atoms with van der Waals surface area (Å²) in [4.78, 5) is 1.96. The van der Waals surface area contributed by atoms with Crippen LogP contribution in [0.25, 0.3) is 0 Å². The van der Waals surface area contributed by atoms with E-state index in [4.69, 9.17) is 4.74 Å². The zero-order valence-corrected chi connectivity index (χ0v) is 16.0. The molecular formula is C21H30ClNO2. The van der Waals surface area contributed by atoms with Gasteiger partial charge in [-0.3, -0.25) is 0 Å². The van der Waals surface area contributed by atoms with Gasteiger partial charge in [0.1, 0.15) is 18.5 Å². The predicted molar refractivity (Wildman–Crippen MR) is 107 cm³/mol. The standard InChI is InChI=1S/C21H29NO2.ClH/c1-22(2)16-20(23)17-24-21-15-9-8-14-19(21)13-7-6-12-18-10-4-3-5-11-18;/h3-5,8-11,14-15,20,23H,6-7,12-13,16-17H2,1-2H3;1H. The molecule has 0 aliphatic heterocycles. The molecule has 0 aliphatic rings. The van der Waals surface area contributed by atoms with Crippen molar-refractivity contribution in [2.45, 2.75) is 31.8 Å². The van der Waals surface area contributed by atoms with Crippen LogP contribution in [0.1, 0.15) is 24.0 Å². The van der Waals surface area contributed by atoms with Crippen molar-refractivity contribution in [2.75, 3.05) is 27.2 Å². The first-order chi connectivity index (χ1) is 11.6. The first-order valence-electron chi connectivity index (χ1n) is 8.72. The van der Waals surface area contributed by atoms with Gasteiger partial charge in [0.15, 0.2) is 0 Å². The lowest BCUT2D eigenvalue weighted by molar-refractivity contribution is 0.0827. The maximum atomic E-state index is 9.95. The van der Waals surface area contributed by atoms with E-state index in [2.05, 4.69) is 42.5 Å². The van der Waals surface area contributed by atoms with E-state index in [1.165, 1.54) is 17.5 Å². The van der Waals surface area contributed by atoms with Crippen LogP contribution >= 0.6 is 12.4 Å². The highest BCUT2D eigenvalue weighted by atomic mass is 35.5. The molecule has 0 radical (unpaired) electrons. The number of aliphatic hydroxyl groups excluding tert-OH is 1. The van der Waals surface area contributed by atoms with Gasteiger partial charge in [0.25, 0.3) is 0 Å².